The fraction of sp³-hybridized carbons (Fsp3) is 0.400. The predicted molar refractivity (Wildman–Crippen MR) is 94.9 cm³/mol. The van der Waals surface area contributed by atoms with Gasteiger partial charge in [-0.2, -0.15) is 0 Å². The van der Waals surface area contributed by atoms with Crippen LogP contribution in [0.25, 0.3) is 0 Å². The topological polar surface area (TPSA) is 54.3 Å². The Morgan fingerprint density at radius 2 is 2.00 bits per heavy atom. The van der Waals surface area contributed by atoms with E-state index in [1.54, 1.807) is 0 Å². The molecule has 1 atom stereocenters. The molecule has 1 aliphatic carbocycles. The number of amides is 2. The zero-order chi connectivity index (χ0) is 17.4. The second-order valence-corrected chi connectivity index (χ2v) is 7.05. The molecule has 2 aromatic rings. The van der Waals surface area contributed by atoms with Crippen LogP contribution in [-0.4, -0.2) is 33.9 Å². The number of rotatable bonds is 4. The summed E-state index contributed by atoms with van der Waals surface area (Å²) in [6.07, 6.45) is 4.05. The van der Waals surface area contributed by atoms with Gasteiger partial charge in [0.05, 0.1) is 6.04 Å². The first-order chi connectivity index (χ1) is 12.1. The van der Waals surface area contributed by atoms with Crippen LogP contribution in [-0.2, 0) is 16.1 Å². The fourth-order valence-electron chi connectivity index (χ4n) is 3.59. The number of nitrogens with zero attached hydrogens (tertiary/aromatic N) is 2. The van der Waals surface area contributed by atoms with E-state index in [2.05, 4.69) is 47.3 Å². The van der Waals surface area contributed by atoms with Crippen LogP contribution < -0.4 is 5.32 Å². The van der Waals surface area contributed by atoms with Crippen molar-refractivity contribution in [3.8, 4) is 0 Å². The van der Waals surface area contributed by atoms with Gasteiger partial charge in [0.15, 0.2) is 0 Å². The van der Waals surface area contributed by atoms with Crippen molar-refractivity contribution in [1.82, 2.24) is 14.8 Å². The Kier molecular flexibility index (Phi) is 4.07. The van der Waals surface area contributed by atoms with Crippen LogP contribution in [0.1, 0.15) is 42.1 Å². The molecule has 1 saturated carbocycles. The van der Waals surface area contributed by atoms with Gasteiger partial charge in [-0.3, -0.25) is 9.59 Å². The minimum Gasteiger partial charge on any atom is -0.353 e. The second-order valence-electron chi connectivity index (χ2n) is 7.05. The predicted octanol–water partition coefficient (Wildman–Crippen LogP) is 2.40. The maximum Gasteiger partial charge on any atom is 0.232 e. The van der Waals surface area contributed by atoms with Gasteiger partial charge >= 0.3 is 0 Å². The van der Waals surface area contributed by atoms with Crippen molar-refractivity contribution in [3.05, 3.63) is 59.4 Å². The first kappa shape index (κ1) is 15.9. The molecule has 1 aliphatic heterocycles. The lowest BCUT2D eigenvalue weighted by Gasteiger charge is -2.37. The summed E-state index contributed by atoms with van der Waals surface area (Å²) in [7, 11) is 0. The summed E-state index contributed by atoms with van der Waals surface area (Å²) in [5.41, 5.74) is 3.36. The minimum atomic E-state index is -0.156. The minimum absolute atomic E-state index is 0.0699. The summed E-state index contributed by atoms with van der Waals surface area (Å²) in [6, 6.07) is 12.5. The fourth-order valence-corrected chi connectivity index (χ4v) is 3.59. The standard InChI is InChI=1S/C20H23N3O2/c1-14-4-2-5-15(12-14)20-17-6-3-9-22(17)10-11-23(20)19(25)13-18(24)21-16-7-8-16/h2-6,9,12,16,20H,7-8,10-11,13H2,1H3,(H,21,24). The van der Waals surface area contributed by atoms with Gasteiger partial charge in [-0.1, -0.05) is 29.8 Å². The number of aryl methyl sites for hydroxylation is 1. The average Bonchev–Trinajstić information content (AvgIpc) is 3.26. The van der Waals surface area contributed by atoms with Crippen molar-refractivity contribution >= 4 is 11.8 Å². The molecule has 25 heavy (non-hydrogen) atoms. The van der Waals surface area contributed by atoms with Gasteiger partial charge in [0.25, 0.3) is 0 Å². The molecule has 4 rings (SSSR count). The number of aromatic nitrogens is 1. The molecular formula is C20H23N3O2. The monoisotopic (exact) mass is 337 g/mol. The Morgan fingerprint density at radius 3 is 2.76 bits per heavy atom. The van der Waals surface area contributed by atoms with Crippen molar-refractivity contribution in [2.24, 2.45) is 0 Å². The van der Waals surface area contributed by atoms with E-state index in [-0.39, 0.29) is 30.3 Å². The zero-order valence-corrected chi connectivity index (χ0v) is 14.4. The molecule has 0 saturated heterocycles. The molecule has 1 aromatic carbocycles. The van der Waals surface area contributed by atoms with Crippen LogP contribution in [0.5, 0.6) is 0 Å². The van der Waals surface area contributed by atoms with Crippen LogP contribution in [0.3, 0.4) is 0 Å². The van der Waals surface area contributed by atoms with Crippen molar-refractivity contribution in [3.63, 3.8) is 0 Å². The van der Waals surface area contributed by atoms with E-state index < -0.39 is 0 Å². The van der Waals surface area contributed by atoms with Crippen LogP contribution in [0, 0.1) is 6.92 Å². The van der Waals surface area contributed by atoms with Gasteiger partial charge in [0, 0.05) is 31.0 Å². The third-order valence-corrected chi connectivity index (χ3v) is 4.97. The highest BCUT2D eigenvalue weighted by Gasteiger charge is 2.33. The van der Waals surface area contributed by atoms with Gasteiger partial charge in [-0.25, -0.2) is 0 Å². The van der Waals surface area contributed by atoms with Crippen molar-refractivity contribution in [1.29, 1.82) is 0 Å². The Labute approximate surface area is 147 Å². The summed E-state index contributed by atoms with van der Waals surface area (Å²) in [5, 5.41) is 2.91. The lowest BCUT2D eigenvalue weighted by molar-refractivity contribution is -0.138. The summed E-state index contributed by atoms with van der Waals surface area (Å²) < 4.78 is 2.20. The number of nitrogens with one attached hydrogen (secondary N) is 1. The molecule has 1 aromatic heterocycles. The molecule has 1 unspecified atom stereocenters. The first-order valence-corrected chi connectivity index (χ1v) is 8.92. The van der Waals surface area contributed by atoms with E-state index in [0.717, 1.165) is 30.6 Å². The molecule has 0 spiro atoms. The van der Waals surface area contributed by atoms with Gasteiger partial charge in [-0.05, 0) is 37.5 Å². The zero-order valence-electron chi connectivity index (χ0n) is 14.4. The molecule has 1 fully saturated rings. The lowest BCUT2D eigenvalue weighted by atomic mass is 9.98. The summed E-state index contributed by atoms with van der Waals surface area (Å²) in [4.78, 5) is 26.8. The van der Waals surface area contributed by atoms with E-state index in [0.29, 0.717) is 6.54 Å². The van der Waals surface area contributed by atoms with E-state index in [4.69, 9.17) is 0 Å². The largest absolute Gasteiger partial charge is 0.353 e. The molecular weight excluding hydrogens is 314 g/mol. The SMILES string of the molecule is Cc1cccc(C2c3cccn3CCN2C(=O)CC(=O)NC2CC2)c1. The number of hydrogen-bond acceptors (Lipinski definition) is 2. The molecule has 2 aliphatic rings. The third kappa shape index (κ3) is 3.31. The molecule has 2 amide bonds. The van der Waals surface area contributed by atoms with Gasteiger partial charge in [-0.15, -0.1) is 0 Å². The Hall–Kier alpha value is -2.56. The molecule has 5 nitrogen and oxygen atoms in total. The number of benzene rings is 1. The van der Waals surface area contributed by atoms with Crippen LogP contribution >= 0.6 is 0 Å². The summed E-state index contributed by atoms with van der Waals surface area (Å²) >= 11 is 0. The van der Waals surface area contributed by atoms with E-state index in [9.17, 15) is 9.59 Å². The molecule has 1 N–H and O–H groups in total. The average molecular weight is 337 g/mol. The van der Waals surface area contributed by atoms with E-state index >= 15 is 0 Å². The van der Waals surface area contributed by atoms with Gasteiger partial charge in [0.2, 0.25) is 11.8 Å². The maximum atomic E-state index is 12.9. The number of carbonyl (C=O) groups excluding carboxylic acids is 2. The molecule has 130 valence electrons. The first-order valence-electron chi connectivity index (χ1n) is 8.92. The highest BCUT2D eigenvalue weighted by molar-refractivity contribution is 5.97. The van der Waals surface area contributed by atoms with Crippen molar-refractivity contribution in [2.75, 3.05) is 6.54 Å². The molecule has 2 heterocycles. The van der Waals surface area contributed by atoms with E-state index in [1.165, 1.54) is 5.56 Å². The Bertz CT molecular complexity index is 807. The van der Waals surface area contributed by atoms with Crippen molar-refractivity contribution in [2.45, 2.75) is 44.8 Å². The molecule has 0 radical (unpaired) electrons. The van der Waals surface area contributed by atoms with Gasteiger partial charge < -0.3 is 14.8 Å². The summed E-state index contributed by atoms with van der Waals surface area (Å²) in [6.45, 7) is 3.44. The Balaban J connectivity index is 1.61. The lowest BCUT2D eigenvalue weighted by Crippen LogP contribution is -2.44. The van der Waals surface area contributed by atoms with Crippen molar-refractivity contribution < 1.29 is 9.59 Å². The van der Waals surface area contributed by atoms with Gasteiger partial charge in [0.1, 0.15) is 6.42 Å². The third-order valence-electron chi connectivity index (χ3n) is 4.97. The maximum absolute atomic E-state index is 12.9. The highest BCUT2D eigenvalue weighted by Crippen LogP contribution is 2.33. The number of carbonyl (C=O) groups is 2. The molecule has 0 bridgehead atoms. The van der Waals surface area contributed by atoms with Crippen LogP contribution in [0.15, 0.2) is 42.6 Å². The number of fused-ring (bicyclic) bond motifs is 1. The molecule has 5 heteroatoms. The van der Waals surface area contributed by atoms with Crippen LogP contribution in [0.2, 0.25) is 0 Å². The quantitative estimate of drug-likeness (QED) is 0.871. The smallest absolute Gasteiger partial charge is 0.232 e. The Morgan fingerprint density at radius 1 is 1.16 bits per heavy atom. The normalized spacial score (nSPS) is 19.4. The number of hydrogen-bond donors (Lipinski definition) is 1. The van der Waals surface area contributed by atoms with E-state index in [1.807, 2.05) is 17.0 Å². The van der Waals surface area contributed by atoms with Crippen LogP contribution in [0.4, 0.5) is 0 Å². The second kappa shape index (κ2) is 6.39. The summed E-state index contributed by atoms with van der Waals surface area (Å²) in [5.74, 6) is -0.256. The highest BCUT2D eigenvalue weighted by atomic mass is 16.2.